The van der Waals surface area contributed by atoms with E-state index in [9.17, 15) is 9.18 Å². The Hall–Kier alpha value is -2.64. The number of rotatable bonds is 5. The van der Waals surface area contributed by atoms with Gasteiger partial charge in [0.2, 0.25) is 5.89 Å². The van der Waals surface area contributed by atoms with Crippen molar-refractivity contribution in [2.75, 3.05) is 25.1 Å². The predicted octanol–water partition coefficient (Wildman–Crippen LogP) is 3.10. The third-order valence-electron chi connectivity index (χ3n) is 3.79. The first-order chi connectivity index (χ1) is 11.7. The van der Waals surface area contributed by atoms with Gasteiger partial charge in [-0.05, 0) is 25.0 Å². The number of nitrogens with one attached hydrogen (secondary N) is 1. The molecule has 1 aromatic heterocycles. The van der Waals surface area contributed by atoms with E-state index >= 15 is 0 Å². The summed E-state index contributed by atoms with van der Waals surface area (Å²) in [6.07, 6.45) is 1.68. The number of benzene rings is 1. The summed E-state index contributed by atoms with van der Waals surface area (Å²) in [5.74, 6) is 1.52. The maximum absolute atomic E-state index is 12.6. The number of likely N-dealkylation sites (tertiary alicyclic amines) is 1. The second-order valence-electron chi connectivity index (χ2n) is 5.52. The number of ether oxygens (including phenoxy) is 1. The number of carbonyl (C=O) groups is 1. The number of carbonyl (C=O) groups excluding carboxylic acids is 1. The molecule has 1 aliphatic rings. The summed E-state index contributed by atoms with van der Waals surface area (Å²) in [4.78, 5) is 18.5. The zero-order chi connectivity index (χ0) is 16.9. The van der Waals surface area contributed by atoms with Gasteiger partial charge in [0, 0.05) is 25.2 Å². The molecule has 1 saturated heterocycles. The topological polar surface area (TPSA) is 80.5 Å². The monoisotopic (exact) mass is 334 g/mol. The molecule has 1 N–H and O–H groups in total. The van der Waals surface area contributed by atoms with Crippen LogP contribution >= 0.6 is 0 Å². The Morgan fingerprint density at radius 1 is 1.54 bits per heavy atom. The zero-order valence-electron chi connectivity index (χ0n) is 13.4. The summed E-state index contributed by atoms with van der Waals surface area (Å²) in [7, 11) is 0. The minimum absolute atomic E-state index is 0.0111. The van der Waals surface area contributed by atoms with Crippen LogP contribution in [0.4, 0.5) is 14.9 Å². The molecule has 0 unspecified atom stereocenters. The van der Waals surface area contributed by atoms with Crippen molar-refractivity contribution in [3.8, 4) is 5.75 Å². The van der Waals surface area contributed by atoms with Crippen LogP contribution in [0, 0.1) is 6.92 Å². The fourth-order valence-corrected chi connectivity index (χ4v) is 2.74. The molecule has 0 saturated carbocycles. The lowest BCUT2D eigenvalue weighted by Crippen LogP contribution is -2.34. The Morgan fingerprint density at radius 2 is 2.42 bits per heavy atom. The van der Waals surface area contributed by atoms with Gasteiger partial charge in [-0.1, -0.05) is 11.2 Å². The molecule has 1 aromatic carbocycles. The lowest BCUT2D eigenvalue weighted by molar-refractivity contribution is 0.204. The highest BCUT2D eigenvalue weighted by Crippen LogP contribution is 2.31. The molecule has 24 heavy (non-hydrogen) atoms. The van der Waals surface area contributed by atoms with Crippen molar-refractivity contribution in [3.63, 3.8) is 0 Å². The van der Waals surface area contributed by atoms with Crippen molar-refractivity contribution >= 4 is 11.7 Å². The van der Waals surface area contributed by atoms with Crippen molar-refractivity contribution in [1.29, 1.82) is 0 Å². The average Bonchev–Trinajstić information content (AvgIpc) is 3.21. The number of aryl methyl sites for hydroxylation is 1. The van der Waals surface area contributed by atoms with E-state index in [0.29, 0.717) is 29.7 Å². The number of aromatic nitrogens is 2. The lowest BCUT2D eigenvalue weighted by Gasteiger charge is -2.22. The Kier molecular flexibility index (Phi) is 4.93. The Bertz CT molecular complexity index is 706. The number of urea groups is 1. The van der Waals surface area contributed by atoms with Crippen molar-refractivity contribution in [2.45, 2.75) is 25.8 Å². The molecule has 2 heterocycles. The molecule has 2 aromatic rings. The van der Waals surface area contributed by atoms with E-state index in [0.717, 1.165) is 12.8 Å². The SMILES string of the molecule is Cc1nc([C@H]2CCCN2C(=O)Nc2cccc(OCCF)c2)no1. The summed E-state index contributed by atoms with van der Waals surface area (Å²) < 4.78 is 22.4. The average molecular weight is 334 g/mol. The first kappa shape index (κ1) is 16.2. The van der Waals surface area contributed by atoms with Gasteiger partial charge in [0.25, 0.3) is 0 Å². The van der Waals surface area contributed by atoms with Gasteiger partial charge in [0.1, 0.15) is 19.0 Å². The number of anilines is 1. The summed E-state index contributed by atoms with van der Waals surface area (Å²) in [6.45, 7) is 1.78. The van der Waals surface area contributed by atoms with Gasteiger partial charge >= 0.3 is 6.03 Å². The Labute approximate surface area is 138 Å². The Balaban J connectivity index is 1.67. The van der Waals surface area contributed by atoms with E-state index in [1.165, 1.54) is 0 Å². The number of halogens is 1. The van der Waals surface area contributed by atoms with Crippen LogP contribution in [0.1, 0.15) is 30.6 Å². The third-order valence-corrected chi connectivity index (χ3v) is 3.79. The minimum atomic E-state index is -0.559. The Morgan fingerprint density at radius 3 is 3.17 bits per heavy atom. The third kappa shape index (κ3) is 3.64. The van der Waals surface area contributed by atoms with Crippen LogP contribution in [-0.4, -0.2) is 40.9 Å². The molecule has 1 atom stereocenters. The summed E-state index contributed by atoms with van der Waals surface area (Å²) in [6, 6.07) is 6.45. The largest absolute Gasteiger partial charge is 0.491 e. The maximum atomic E-state index is 12.6. The van der Waals surface area contributed by atoms with Gasteiger partial charge in [-0.2, -0.15) is 4.98 Å². The van der Waals surface area contributed by atoms with Crippen molar-refractivity contribution in [3.05, 3.63) is 36.0 Å². The van der Waals surface area contributed by atoms with Crippen molar-refractivity contribution in [1.82, 2.24) is 15.0 Å². The minimum Gasteiger partial charge on any atom is -0.491 e. The van der Waals surface area contributed by atoms with Crippen LogP contribution in [0.5, 0.6) is 5.75 Å². The summed E-state index contributed by atoms with van der Waals surface area (Å²) >= 11 is 0. The van der Waals surface area contributed by atoms with E-state index in [1.807, 2.05) is 0 Å². The first-order valence-corrected chi connectivity index (χ1v) is 7.84. The van der Waals surface area contributed by atoms with Crippen LogP contribution in [0.2, 0.25) is 0 Å². The second kappa shape index (κ2) is 7.29. The van der Waals surface area contributed by atoms with Gasteiger partial charge in [-0.25, -0.2) is 9.18 Å². The van der Waals surface area contributed by atoms with Crippen molar-refractivity contribution in [2.24, 2.45) is 0 Å². The quantitative estimate of drug-likeness (QED) is 0.909. The van der Waals surface area contributed by atoms with Gasteiger partial charge < -0.3 is 19.5 Å². The smallest absolute Gasteiger partial charge is 0.322 e. The summed E-state index contributed by atoms with van der Waals surface area (Å²) in [5, 5.41) is 6.76. The number of hydrogen-bond donors (Lipinski definition) is 1. The molecule has 0 bridgehead atoms. The van der Waals surface area contributed by atoms with E-state index < -0.39 is 6.67 Å². The number of nitrogens with zero attached hydrogens (tertiary/aromatic N) is 3. The number of amides is 2. The molecule has 0 aliphatic carbocycles. The number of alkyl halides is 1. The number of hydrogen-bond acceptors (Lipinski definition) is 5. The highest BCUT2D eigenvalue weighted by molar-refractivity contribution is 5.90. The molecule has 1 fully saturated rings. The molecular formula is C16H19FN4O3. The van der Waals surface area contributed by atoms with Crippen LogP contribution in [-0.2, 0) is 0 Å². The van der Waals surface area contributed by atoms with Crippen LogP contribution in [0.25, 0.3) is 0 Å². The van der Waals surface area contributed by atoms with E-state index in [4.69, 9.17) is 9.26 Å². The van der Waals surface area contributed by atoms with Gasteiger partial charge in [0.05, 0.1) is 6.04 Å². The second-order valence-corrected chi connectivity index (χ2v) is 5.52. The van der Waals surface area contributed by atoms with E-state index in [1.54, 1.807) is 36.1 Å². The van der Waals surface area contributed by atoms with Gasteiger partial charge in [-0.15, -0.1) is 0 Å². The highest BCUT2D eigenvalue weighted by Gasteiger charge is 2.33. The highest BCUT2D eigenvalue weighted by atomic mass is 19.1. The molecule has 0 spiro atoms. The van der Waals surface area contributed by atoms with E-state index in [2.05, 4.69) is 15.5 Å². The standard InChI is InChI=1S/C16H19FN4O3/c1-11-18-15(20-24-11)14-6-3-8-21(14)16(22)19-12-4-2-5-13(10-12)23-9-7-17/h2,4-5,10,14H,3,6-9H2,1H3,(H,19,22)/t14-/m1/s1. The molecule has 8 heteroatoms. The molecule has 2 amide bonds. The van der Waals surface area contributed by atoms with Crippen LogP contribution < -0.4 is 10.1 Å². The first-order valence-electron chi connectivity index (χ1n) is 7.84. The fraction of sp³-hybridized carbons (Fsp3) is 0.438. The molecular weight excluding hydrogens is 315 g/mol. The van der Waals surface area contributed by atoms with E-state index in [-0.39, 0.29) is 18.7 Å². The maximum Gasteiger partial charge on any atom is 0.322 e. The molecule has 3 rings (SSSR count). The summed E-state index contributed by atoms with van der Waals surface area (Å²) in [5.41, 5.74) is 0.589. The molecule has 128 valence electrons. The lowest BCUT2D eigenvalue weighted by atomic mass is 10.2. The predicted molar refractivity (Wildman–Crippen MR) is 84.6 cm³/mol. The normalized spacial score (nSPS) is 17.1. The van der Waals surface area contributed by atoms with Gasteiger partial charge in [0.15, 0.2) is 5.82 Å². The van der Waals surface area contributed by atoms with Crippen LogP contribution in [0.3, 0.4) is 0 Å². The fourth-order valence-electron chi connectivity index (χ4n) is 2.74. The van der Waals surface area contributed by atoms with Crippen LogP contribution in [0.15, 0.2) is 28.8 Å². The molecule has 7 nitrogen and oxygen atoms in total. The van der Waals surface area contributed by atoms with Gasteiger partial charge in [-0.3, -0.25) is 0 Å². The van der Waals surface area contributed by atoms with Crippen molar-refractivity contribution < 1.29 is 18.4 Å². The molecule has 0 radical (unpaired) electrons. The zero-order valence-corrected chi connectivity index (χ0v) is 13.4. The molecule has 1 aliphatic heterocycles.